The molecule has 1 aliphatic carbocycles. The van der Waals surface area contributed by atoms with Crippen LogP contribution in [0.25, 0.3) is 21.5 Å². The fraction of sp³-hybridized carbons (Fsp3) is 0.474. The molecule has 4 aromatic carbocycles. The van der Waals surface area contributed by atoms with Crippen molar-refractivity contribution in [2.45, 2.75) is 93.1 Å². The van der Waals surface area contributed by atoms with Crippen LogP contribution in [0.15, 0.2) is 84.9 Å². The Bertz CT molecular complexity index is 1620. The Morgan fingerprint density at radius 2 is 1.19 bits per heavy atom. The quantitative estimate of drug-likeness (QED) is 0.117. The lowest BCUT2D eigenvalue weighted by Gasteiger charge is -2.47. The van der Waals surface area contributed by atoms with Crippen LogP contribution in [0.2, 0.25) is 0 Å². The highest BCUT2D eigenvalue weighted by molar-refractivity contribution is 5.83. The SMILES string of the molecule is NC[C@H]1O[C@H](O[C@H]2[C@H](OCCCc3ccc4ccccc4c3)[C@@H](O)[C@H](N)C[C@@H]2N)[C@H](N)[C@@H](OCCCc2ccc3ccccc3c2)[C@@H]1O. The second kappa shape index (κ2) is 16.1. The molecule has 1 saturated carbocycles. The third kappa shape index (κ3) is 8.06. The molecule has 48 heavy (non-hydrogen) atoms. The number of nitrogens with two attached hydrogens (primary N) is 4. The lowest BCUT2D eigenvalue weighted by Crippen LogP contribution is -2.68. The summed E-state index contributed by atoms with van der Waals surface area (Å²) in [5.74, 6) is 0. The number of rotatable bonds is 13. The lowest BCUT2D eigenvalue weighted by molar-refractivity contribution is -0.295. The van der Waals surface area contributed by atoms with Gasteiger partial charge in [-0.05, 0) is 64.8 Å². The zero-order valence-electron chi connectivity index (χ0n) is 27.4. The number of aliphatic hydroxyl groups excluding tert-OH is 2. The number of aryl methyl sites for hydroxylation is 2. The predicted octanol–water partition coefficient (Wildman–Crippen LogP) is 2.51. The molecule has 0 aromatic heterocycles. The summed E-state index contributed by atoms with van der Waals surface area (Å²) in [7, 11) is 0. The maximum absolute atomic E-state index is 11.1. The summed E-state index contributed by atoms with van der Waals surface area (Å²) in [4.78, 5) is 0. The van der Waals surface area contributed by atoms with E-state index in [0.29, 0.717) is 19.6 Å². The van der Waals surface area contributed by atoms with Gasteiger partial charge in [0.2, 0.25) is 0 Å². The highest BCUT2D eigenvalue weighted by Crippen LogP contribution is 2.30. The molecule has 6 rings (SSSR count). The first-order chi connectivity index (χ1) is 23.3. The molecule has 0 unspecified atom stereocenters. The zero-order valence-corrected chi connectivity index (χ0v) is 27.4. The van der Waals surface area contributed by atoms with Gasteiger partial charge in [-0.3, -0.25) is 0 Å². The Morgan fingerprint density at radius 1 is 0.646 bits per heavy atom. The van der Waals surface area contributed by atoms with Gasteiger partial charge in [0, 0.05) is 31.8 Å². The fourth-order valence-electron chi connectivity index (χ4n) is 7.04. The maximum Gasteiger partial charge on any atom is 0.176 e. The second-order valence-corrected chi connectivity index (χ2v) is 13.2. The highest BCUT2D eigenvalue weighted by atomic mass is 16.7. The van der Waals surface area contributed by atoms with E-state index in [1.807, 2.05) is 24.3 Å². The van der Waals surface area contributed by atoms with Gasteiger partial charge in [-0.25, -0.2) is 0 Å². The minimum absolute atomic E-state index is 0.0453. The van der Waals surface area contributed by atoms with E-state index in [2.05, 4.69) is 60.7 Å². The molecule has 0 bridgehead atoms. The van der Waals surface area contributed by atoms with Gasteiger partial charge in [-0.1, -0.05) is 84.9 Å². The van der Waals surface area contributed by atoms with E-state index in [0.717, 1.165) is 25.7 Å². The molecular formula is C38H50N4O6. The van der Waals surface area contributed by atoms with Crippen LogP contribution < -0.4 is 22.9 Å². The molecule has 10 atom stereocenters. The third-order valence-electron chi connectivity index (χ3n) is 9.78. The Morgan fingerprint density at radius 3 is 1.75 bits per heavy atom. The number of aliphatic hydroxyl groups is 2. The van der Waals surface area contributed by atoms with Crippen LogP contribution in [0.1, 0.15) is 30.4 Å². The summed E-state index contributed by atoms with van der Waals surface area (Å²) in [6, 6.07) is 27.5. The zero-order chi connectivity index (χ0) is 33.6. The van der Waals surface area contributed by atoms with Crippen LogP contribution in [-0.4, -0.2) is 91.0 Å². The molecule has 2 fully saturated rings. The normalized spacial score (nSPS) is 31.0. The van der Waals surface area contributed by atoms with Gasteiger partial charge in [0.15, 0.2) is 6.29 Å². The Balaban J connectivity index is 1.06. The highest BCUT2D eigenvalue weighted by Gasteiger charge is 2.49. The van der Waals surface area contributed by atoms with E-state index >= 15 is 0 Å². The van der Waals surface area contributed by atoms with Crippen LogP contribution in [-0.2, 0) is 31.8 Å². The molecule has 10 nitrogen and oxygen atoms in total. The molecule has 10 heteroatoms. The molecule has 1 saturated heterocycles. The van der Waals surface area contributed by atoms with Crippen molar-refractivity contribution < 1.29 is 29.2 Å². The first-order valence-electron chi connectivity index (χ1n) is 17.1. The average molecular weight is 659 g/mol. The Labute approximate surface area is 282 Å². The average Bonchev–Trinajstić information content (AvgIpc) is 3.10. The summed E-state index contributed by atoms with van der Waals surface area (Å²) in [6.07, 6.45) is -2.67. The number of fused-ring (bicyclic) bond motifs is 2. The molecule has 0 spiro atoms. The van der Waals surface area contributed by atoms with Crippen LogP contribution >= 0.6 is 0 Å². The van der Waals surface area contributed by atoms with E-state index in [1.165, 1.54) is 32.7 Å². The molecule has 0 radical (unpaired) electrons. The summed E-state index contributed by atoms with van der Waals surface area (Å²) in [6.45, 7) is 0.799. The molecule has 10 N–H and O–H groups in total. The fourth-order valence-corrected chi connectivity index (χ4v) is 7.04. The first-order valence-corrected chi connectivity index (χ1v) is 17.1. The smallest absolute Gasteiger partial charge is 0.176 e. The first kappa shape index (κ1) is 34.8. The topological polar surface area (TPSA) is 181 Å². The molecular weight excluding hydrogens is 608 g/mol. The van der Waals surface area contributed by atoms with Crippen molar-refractivity contribution in [1.29, 1.82) is 0 Å². The van der Waals surface area contributed by atoms with Gasteiger partial charge in [0.05, 0.1) is 12.1 Å². The summed E-state index contributed by atoms with van der Waals surface area (Å²) < 4.78 is 24.9. The van der Waals surface area contributed by atoms with Gasteiger partial charge in [-0.15, -0.1) is 0 Å². The Kier molecular flexibility index (Phi) is 11.7. The molecule has 258 valence electrons. The molecule has 0 amide bonds. The monoisotopic (exact) mass is 658 g/mol. The van der Waals surface area contributed by atoms with Crippen molar-refractivity contribution >= 4 is 21.5 Å². The van der Waals surface area contributed by atoms with Crippen molar-refractivity contribution in [2.24, 2.45) is 22.9 Å². The van der Waals surface area contributed by atoms with E-state index in [1.54, 1.807) is 0 Å². The third-order valence-corrected chi connectivity index (χ3v) is 9.78. The van der Waals surface area contributed by atoms with E-state index in [9.17, 15) is 10.2 Å². The lowest BCUT2D eigenvalue weighted by atomic mass is 9.84. The van der Waals surface area contributed by atoms with Crippen molar-refractivity contribution in [1.82, 2.24) is 0 Å². The molecule has 1 aliphatic heterocycles. The van der Waals surface area contributed by atoms with Crippen molar-refractivity contribution in [3.8, 4) is 0 Å². The van der Waals surface area contributed by atoms with Gasteiger partial charge in [0.1, 0.15) is 30.5 Å². The van der Waals surface area contributed by atoms with Crippen LogP contribution in [0.5, 0.6) is 0 Å². The molecule has 4 aromatic rings. The minimum Gasteiger partial charge on any atom is -0.389 e. The van der Waals surface area contributed by atoms with Crippen LogP contribution in [0, 0.1) is 0 Å². The standard InChI is InChI=1S/C38H50N4O6/c39-22-31-34(44)36(45-17-5-7-23-13-15-25-9-1-3-11-27(25)19-23)32(42)38(47-31)48-35-30(41)21-29(40)33(43)37(35)46-18-6-8-24-14-16-26-10-2-4-12-28(26)20-24/h1-4,9-16,19-20,29-38,43-44H,5-8,17-18,21-22,39-42H2/t29-,30+,31-,32-,33+,34-,35-,36-,37-,38-/m1/s1. The summed E-state index contributed by atoms with van der Waals surface area (Å²) in [5.41, 5.74) is 27.9. The van der Waals surface area contributed by atoms with E-state index < -0.39 is 61.0 Å². The molecule has 2 aliphatic rings. The maximum atomic E-state index is 11.1. The van der Waals surface area contributed by atoms with Gasteiger partial charge < -0.3 is 52.1 Å². The number of ether oxygens (including phenoxy) is 4. The van der Waals surface area contributed by atoms with Gasteiger partial charge >= 0.3 is 0 Å². The molecule has 1 heterocycles. The predicted molar refractivity (Wildman–Crippen MR) is 187 cm³/mol. The van der Waals surface area contributed by atoms with E-state index in [4.69, 9.17) is 41.9 Å². The van der Waals surface area contributed by atoms with Crippen molar-refractivity contribution in [3.05, 3.63) is 96.1 Å². The number of benzene rings is 4. The van der Waals surface area contributed by atoms with Crippen LogP contribution in [0.3, 0.4) is 0 Å². The van der Waals surface area contributed by atoms with Crippen molar-refractivity contribution in [2.75, 3.05) is 19.8 Å². The van der Waals surface area contributed by atoms with E-state index in [-0.39, 0.29) is 6.54 Å². The number of hydrogen-bond donors (Lipinski definition) is 6. The van der Waals surface area contributed by atoms with Gasteiger partial charge in [-0.2, -0.15) is 0 Å². The van der Waals surface area contributed by atoms with Crippen LogP contribution in [0.4, 0.5) is 0 Å². The largest absolute Gasteiger partial charge is 0.389 e. The second-order valence-electron chi connectivity index (χ2n) is 13.2. The van der Waals surface area contributed by atoms with Crippen molar-refractivity contribution in [3.63, 3.8) is 0 Å². The summed E-state index contributed by atoms with van der Waals surface area (Å²) >= 11 is 0. The van der Waals surface area contributed by atoms with Gasteiger partial charge in [0.25, 0.3) is 0 Å². The minimum atomic E-state index is -1.04. The summed E-state index contributed by atoms with van der Waals surface area (Å²) in [5, 5.41) is 27.0. The Hall–Kier alpha value is -3.00. The number of hydrogen-bond acceptors (Lipinski definition) is 10.